The lowest BCUT2D eigenvalue weighted by atomic mass is 10.4. The average molecular weight is 275 g/mol. The van der Waals surface area contributed by atoms with Crippen LogP contribution in [0.25, 0.3) is 4.96 Å². The van der Waals surface area contributed by atoms with Gasteiger partial charge in [-0.25, -0.2) is 4.98 Å². The number of imidazole rings is 1. The van der Waals surface area contributed by atoms with Gasteiger partial charge in [-0.1, -0.05) is 6.92 Å². The minimum Gasteiger partial charge on any atom is -0.311 e. The zero-order valence-electron chi connectivity index (χ0n) is 10.9. The highest BCUT2D eigenvalue weighted by Crippen LogP contribution is 2.12. The van der Waals surface area contributed by atoms with Gasteiger partial charge in [0.05, 0.1) is 17.9 Å². The van der Waals surface area contributed by atoms with E-state index in [1.165, 1.54) is 0 Å². The van der Waals surface area contributed by atoms with Crippen molar-refractivity contribution < 1.29 is 0 Å². The third kappa shape index (κ3) is 2.85. The lowest BCUT2D eigenvalue weighted by Crippen LogP contribution is -2.14. The molecule has 0 unspecified atom stereocenters. The lowest BCUT2D eigenvalue weighted by Gasteiger charge is -1.99. The Morgan fingerprint density at radius 2 is 2.26 bits per heavy atom. The highest BCUT2D eigenvalue weighted by atomic mass is 32.1. The molecular weight excluding hydrogens is 258 g/mol. The molecule has 100 valence electrons. The molecule has 0 aliphatic carbocycles. The Bertz CT molecular complexity index is 622. The van der Waals surface area contributed by atoms with Crippen LogP contribution < -0.4 is 5.32 Å². The van der Waals surface area contributed by atoms with Crippen LogP contribution in [0.4, 0.5) is 0 Å². The molecule has 0 spiro atoms. The minimum atomic E-state index is 0.724. The molecular formula is C13H17N5S. The number of aromatic nitrogens is 4. The molecule has 3 aromatic heterocycles. The molecule has 0 saturated carbocycles. The fourth-order valence-corrected chi connectivity index (χ4v) is 2.72. The van der Waals surface area contributed by atoms with Gasteiger partial charge in [0.2, 0.25) is 0 Å². The second-order valence-corrected chi connectivity index (χ2v) is 5.38. The average Bonchev–Trinajstić information content (AvgIpc) is 3.06. The third-order valence-corrected chi connectivity index (χ3v) is 3.67. The van der Waals surface area contributed by atoms with Crippen LogP contribution in [0, 0.1) is 0 Å². The number of thiazole rings is 1. The van der Waals surface area contributed by atoms with E-state index in [-0.39, 0.29) is 0 Å². The van der Waals surface area contributed by atoms with Gasteiger partial charge in [0.1, 0.15) is 0 Å². The van der Waals surface area contributed by atoms with Gasteiger partial charge in [-0.05, 0) is 19.0 Å². The molecule has 0 bridgehead atoms. The molecule has 3 rings (SSSR count). The monoisotopic (exact) mass is 275 g/mol. The molecule has 5 nitrogen and oxygen atoms in total. The zero-order valence-corrected chi connectivity index (χ0v) is 11.7. The van der Waals surface area contributed by atoms with Crippen LogP contribution in [0.15, 0.2) is 30.0 Å². The van der Waals surface area contributed by atoms with Crippen molar-refractivity contribution in [3.8, 4) is 0 Å². The number of nitrogens with one attached hydrogen (secondary N) is 1. The van der Waals surface area contributed by atoms with E-state index in [0.29, 0.717) is 0 Å². The maximum absolute atomic E-state index is 4.56. The lowest BCUT2D eigenvalue weighted by molar-refractivity contribution is 0.624. The van der Waals surface area contributed by atoms with Crippen molar-refractivity contribution in [1.82, 2.24) is 24.5 Å². The summed E-state index contributed by atoms with van der Waals surface area (Å²) in [6, 6.07) is 2.06. The third-order valence-electron chi connectivity index (χ3n) is 2.90. The smallest absolute Gasteiger partial charge is 0.193 e. The van der Waals surface area contributed by atoms with E-state index < -0.39 is 0 Å². The molecule has 0 atom stereocenters. The molecule has 19 heavy (non-hydrogen) atoms. The minimum absolute atomic E-state index is 0.724. The van der Waals surface area contributed by atoms with E-state index in [9.17, 15) is 0 Å². The summed E-state index contributed by atoms with van der Waals surface area (Å²) in [4.78, 5) is 5.59. The first-order valence-corrected chi connectivity index (χ1v) is 7.37. The standard InChI is InChI=1S/C13H17N5S/c1-2-4-14-8-11-3-5-18(16-11)10-12-9-17-6-7-19-13(17)15-12/h3,5-7,9,14H,2,4,8,10H2,1H3. The quantitative estimate of drug-likeness (QED) is 0.701. The normalized spacial score (nSPS) is 11.4. The van der Waals surface area contributed by atoms with E-state index in [2.05, 4.69) is 34.6 Å². The first kappa shape index (κ1) is 12.4. The fraction of sp³-hybridized carbons (Fsp3) is 0.385. The summed E-state index contributed by atoms with van der Waals surface area (Å²) in [6.45, 7) is 4.75. The van der Waals surface area contributed by atoms with Crippen molar-refractivity contribution in [3.05, 3.63) is 41.4 Å². The van der Waals surface area contributed by atoms with E-state index >= 15 is 0 Å². The molecule has 3 aromatic rings. The first-order valence-electron chi connectivity index (χ1n) is 6.49. The van der Waals surface area contributed by atoms with Crippen molar-refractivity contribution in [2.24, 2.45) is 0 Å². The molecule has 0 amide bonds. The van der Waals surface area contributed by atoms with Gasteiger partial charge in [-0.3, -0.25) is 9.08 Å². The molecule has 6 heteroatoms. The molecule has 0 aliphatic rings. The number of rotatable bonds is 6. The summed E-state index contributed by atoms with van der Waals surface area (Å²) >= 11 is 1.65. The maximum Gasteiger partial charge on any atom is 0.193 e. The fourth-order valence-electron chi connectivity index (χ4n) is 2.00. The molecule has 0 aromatic carbocycles. The predicted molar refractivity (Wildman–Crippen MR) is 76.4 cm³/mol. The van der Waals surface area contributed by atoms with Crippen molar-refractivity contribution in [2.75, 3.05) is 6.54 Å². The van der Waals surface area contributed by atoms with Crippen LogP contribution in [0.5, 0.6) is 0 Å². The molecule has 0 fully saturated rings. The molecule has 0 saturated heterocycles. The van der Waals surface area contributed by atoms with Crippen molar-refractivity contribution >= 4 is 16.3 Å². The maximum atomic E-state index is 4.56. The van der Waals surface area contributed by atoms with Crippen LogP contribution in [-0.2, 0) is 13.1 Å². The second-order valence-electron chi connectivity index (χ2n) is 4.51. The van der Waals surface area contributed by atoms with Crippen molar-refractivity contribution in [2.45, 2.75) is 26.4 Å². The van der Waals surface area contributed by atoms with Crippen molar-refractivity contribution in [3.63, 3.8) is 0 Å². The molecule has 0 radical (unpaired) electrons. The Labute approximate surface area is 115 Å². The Morgan fingerprint density at radius 1 is 1.32 bits per heavy atom. The van der Waals surface area contributed by atoms with Crippen LogP contribution in [0.2, 0.25) is 0 Å². The SMILES string of the molecule is CCCNCc1ccn(Cc2cn3ccsc3n2)n1. The Balaban J connectivity index is 1.64. The van der Waals surface area contributed by atoms with Crippen LogP contribution in [0.1, 0.15) is 24.7 Å². The van der Waals surface area contributed by atoms with Crippen molar-refractivity contribution in [1.29, 1.82) is 0 Å². The highest BCUT2D eigenvalue weighted by Gasteiger charge is 2.04. The van der Waals surface area contributed by atoms with E-state index in [1.807, 2.05) is 26.9 Å². The molecule has 0 aliphatic heterocycles. The van der Waals surface area contributed by atoms with Gasteiger partial charge in [0.15, 0.2) is 4.96 Å². The Hall–Kier alpha value is -1.66. The summed E-state index contributed by atoms with van der Waals surface area (Å²) in [5, 5.41) is 9.93. The summed E-state index contributed by atoms with van der Waals surface area (Å²) in [5.74, 6) is 0. The number of hydrogen-bond acceptors (Lipinski definition) is 4. The van der Waals surface area contributed by atoms with Crippen LogP contribution >= 0.6 is 11.3 Å². The number of hydrogen-bond donors (Lipinski definition) is 1. The Kier molecular flexibility index (Phi) is 3.61. The van der Waals surface area contributed by atoms with Crippen LogP contribution in [-0.4, -0.2) is 25.7 Å². The van der Waals surface area contributed by atoms with Gasteiger partial charge in [0.25, 0.3) is 0 Å². The zero-order chi connectivity index (χ0) is 13.1. The predicted octanol–water partition coefficient (Wildman–Crippen LogP) is 2.14. The van der Waals surface area contributed by atoms with Gasteiger partial charge in [-0.2, -0.15) is 5.10 Å². The van der Waals surface area contributed by atoms with Gasteiger partial charge >= 0.3 is 0 Å². The number of fused-ring (bicyclic) bond motifs is 1. The number of nitrogens with zero attached hydrogens (tertiary/aromatic N) is 4. The molecule has 3 heterocycles. The summed E-state index contributed by atoms with van der Waals surface area (Å²) in [7, 11) is 0. The van der Waals surface area contributed by atoms with Gasteiger partial charge in [-0.15, -0.1) is 11.3 Å². The van der Waals surface area contributed by atoms with Gasteiger partial charge < -0.3 is 5.32 Å². The van der Waals surface area contributed by atoms with E-state index in [1.54, 1.807) is 11.3 Å². The topological polar surface area (TPSA) is 47.2 Å². The first-order chi connectivity index (χ1) is 9.35. The highest BCUT2D eigenvalue weighted by molar-refractivity contribution is 7.15. The Morgan fingerprint density at radius 3 is 3.11 bits per heavy atom. The largest absolute Gasteiger partial charge is 0.311 e. The molecule has 1 N–H and O–H groups in total. The summed E-state index contributed by atoms with van der Waals surface area (Å²) in [5.41, 5.74) is 2.12. The second kappa shape index (κ2) is 5.54. The summed E-state index contributed by atoms with van der Waals surface area (Å²) < 4.78 is 3.99. The van der Waals surface area contributed by atoms with Crippen LogP contribution in [0.3, 0.4) is 0 Å². The van der Waals surface area contributed by atoms with Gasteiger partial charge in [0, 0.05) is 30.5 Å². The van der Waals surface area contributed by atoms with E-state index in [4.69, 9.17) is 0 Å². The summed E-state index contributed by atoms with van der Waals surface area (Å²) in [6.07, 6.45) is 7.24. The van der Waals surface area contributed by atoms with E-state index in [0.717, 1.165) is 42.4 Å².